The first-order valence-corrected chi connectivity index (χ1v) is 8.44. The topological polar surface area (TPSA) is 83.7 Å². The maximum atomic E-state index is 12.4. The van der Waals surface area contributed by atoms with Crippen molar-refractivity contribution in [3.8, 4) is 5.75 Å². The van der Waals surface area contributed by atoms with Gasteiger partial charge in [-0.15, -0.1) is 0 Å². The van der Waals surface area contributed by atoms with Crippen LogP contribution in [0.15, 0.2) is 36.5 Å². The number of pyridine rings is 1. The van der Waals surface area contributed by atoms with E-state index in [0.717, 1.165) is 11.4 Å². The normalized spacial score (nSPS) is 10.9. The molecule has 0 saturated heterocycles. The molecule has 6 nitrogen and oxygen atoms in total. The minimum absolute atomic E-state index is 0.0385. The fraction of sp³-hybridized carbons (Fsp3) is 0.250. The summed E-state index contributed by atoms with van der Waals surface area (Å²) >= 11 is 0. The van der Waals surface area contributed by atoms with Crippen molar-refractivity contribution < 1.29 is 14.7 Å². The predicted octanol–water partition coefficient (Wildman–Crippen LogP) is 2.83. The highest BCUT2D eigenvalue weighted by Crippen LogP contribution is 2.30. The van der Waals surface area contributed by atoms with Gasteiger partial charge >= 0.3 is 0 Å². The molecule has 134 valence electrons. The molecule has 2 heterocycles. The number of carbonyl (C=O) groups is 2. The van der Waals surface area contributed by atoms with Crippen LogP contribution in [0.3, 0.4) is 0 Å². The number of aryl methyl sites for hydroxylation is 2. The van der Waals surface area contributed by atoms with Crippen LogP contribution < -0.4 is 5.32 Å². The van der Waals surface area contributed by atoms with Crippen LogP contribution in [0, 0.1) is 13.8 Å². The molecule has 0 aliphatic carbocycles. The maximum absolute atomic E-state index is 12.4. The number of rotatable bonds is 5. The Morgan fingerprint density at radius 1 is 1.19 bits per heavy atom. The van der Waals surface area contributed by atoms with Gasteiger partial charge in [-0.05, 0) is 20.3 Å². The standard InChI is InChI=1S/C20H21N3O3/c1-12-13(2)23-11-16(20(26)21-3)15(18(25)19(23)22-12)9-10-17(24)14-7-5-4-6-8-14/h4-8,11,25H,9-10H2,1-3H3,(H,21,26). The third-order valence-electron chi connectivity index (χ3n) is 4.64. The number of aromatic hydroxyl groups is 1. The van der Waals surface area contributed by atoms with Crippen molar-refractivity contribution in [2.24, 2.45) is 0 Å². The molecule has 0 unspecified atom stereocenters. The lowest BCUT2D eigenvalue weighted by Crippen LogP contribution is -2.21. The summed E-state index contributed by atoms with van der Waals surface area (Å²) in [5.41, 5.74) is 3.43. The second-order valence-electron chi connectivity index (χ2n) is 6.21. The molecular weight excluding hydrogens is 330 g/mol. The Labute approximate surface area is 151 Å². The van der Waals surface area contributed by atoms with Gasteiger partial charge in [0.05, 0.1) is 11.3 Å². The molecule has 6 heteroatoms. The van der Waals surface area contributed by atoms with Gasteiger partial charge in [0.15, 0.2) is 17.2 Å². The molecule has 0 aliphatic rings. The van der Waals surface area contributed by atoms with Crippen LogP contribution in [0.25, 0.3) is 5.65 Å². The molecule has 3 aromatic rings. The van der Waals surface area contributed by atoms with E-state index in [1.807, 2.05) is 32.0 Å². The van der Waals surface area contributed by atoms with E-state index >= 15 is 0 Å². The summed E-state index contributed by atoms with van der Waals surface area (Å²) in [6.07, 6.45) is 2.12. The van der Waals surface area contributed by atoms with E-state index in [9.17, 15) is 14.7 Å². The van der Waals surface area contributed by atoms with Crippen LogP contribution in [0.4, 0.5) is 0 Å². The van der Waals surface area contributed by atoms with Crippen LogP contribution in [-0.4, -0.2) is 33.2 Å². The zero-order valence-electron chi connectivity index (χ0n) is 15.0. The highest BCUT2D eigenvalue weighted by Gasteiger charge is 2.21. The van der Waals surface area contributed by atoms with Crippen molar-refractivity contribution in [1.29, 1.82) is 0 Å². The Hall–Kier alpha value is -3.15. The number of benzene rings is 1. The second kappa shape index (κ2) is 7.00. The van der Waals surface area contributed by atoms with E-state index < -0.39 is 0 Å². The molecule has 0 spiro atoms. The fourth-order valence-electron chi connectivity index (χ4n) is 3.01. The van der Waals surface area contributed by atoms with Gasteiger partial charge in [0.2, 0.25) is 0 Å². The third kappa shape index (κ3) is 3.06. The van der Waals surface area contributed by atoms with Crippen LogP contribution in [0.1, 0.15) is 44.1 Å². The molecule has 0 atom stereocenters. The molecular formula is C20H21N3O3. The number of hydrogen-bond acceptors (Lipinski definition) is 4. The molecule has 26 heavy (non-hydrogen) atoms. The molecule has 0 saturated carbocycles. The van der Waals surface area contributed by atoms with Gasteiger partial charge in [-0.25, -0.2) is 4.98 Å². The summed E-state index contributed by atoms with van der Waals surface area (Å²) in [5.74, 6) is -0.401. The third-order valence-corrected chi connectivity index (χ3v) is 4.64. The van der Waals surface area contributed by atoms with Crippen LogP contribution in [0.2, 0.25) is 0 Å². The lowest BCUT2D eigenvalue weighted by atomic mass is 9.99. The highest BCUT2D eigenvalue weighted by atomic mass is 16.3. The van der Waals surface area contributed by atoms with Gasteiger partial charge in [0, 0.05) is 36.5 Å². The van der Waals surface area contributed by atoms with Gasteiger partial charge in [-0.3, -0.25) is 9.59 Å². The first-order chi connectivity index (χ1) is 12.4. The number of hydrogen-bond donors (Lipinski definition) is 2. The zero-order chi connectivity index (χ0) is 18.8. The van der Waals surface area contributed by atoms with Crippen molar-refractivity contribution in [3.63, 3.8) is 0 Å². The van der Waals surface area contributed by atoms with Gasteiger partial charge in [-0.1, -0.05) is 30.3 Å². The van der Waals surface area contributed by atoms with Crippen molar-refractivity contribution in [2.45, 2.75) is 26.7 Å². The van der Waals surface area contributed by atoms with Crippen molar-refractivity contribution in [3.05, 3.63) is 64.6 Å². The molecule has 0 aliphatic heterocycles. The monoisotopic (exact) mass is 351 g/mol. The van der Waals surface area contributed by atoms with E-state index in [0.29, 0.717) is 22.3 Å². The summed E-state index contributed by atoms with van der Waals surface area (Å²) < 4.78 is 1.71. The lowest BCUT2D eigenvalue weighted by molar-refractivity contribution is 0.0953. The molecule has 2 aromatic heterocycles. The van der Waals surface area contributed by atoms with Crippen LogP contribution in [-0.2, 0) is 6.42 Å². The molecule has 0 bridgehead atoms. The first kappa shape index (κ1) is 17.7. The van der Waals surface area contributed by atoms with E-state index in [1.54, 1.807) is 22.7 Å². The summed E-state index contributed by atoms with van der Waals surface area (Å²) in [5, 5.41) is 13.3. The Bertz CT molecular complexity index is 991. The van der Waals surface area contributed by atoms with Gasteiger partial charge in [-0.2, -0.15) is 0 Å². The number of nitrogens with zero attached hydrogens (tertiary/aromatic N) is 2. The average Bonchev–Trinajstić information content (AvgIpc) is 2.95. The largest absolute Gasteiger partial charge is 0.504 e. The molecule has 0 radical (unpaired) electrons. The molecule has 1 aromatic carbocycles. The number of ketones is 1. The maximum Gasteiger partial charge on any atom is 0.252 e. The van der Waals surface area contributed by atoms with E-state index in [1.165, 1.54) is 7.05 Å². The smallest absolute Gasteiger partial charge is 0.252 e. The summed E-state index contributed by atoms with van der Waals surface area (Å²) in [6, 6.07) is 8.98. The van der Waals surface area contributed by atoms with Gasteiger partial charge in [0.1, 0.15) is 0 Å². The second-order valence-corrected chi connectivity index (χ2v) is 6.21. The first-order valence-electron chi connectivity index (χ1n) is 8.44. The molecule has 1 amide bonds. The number of fused-ring (bicyclic) bond motifs is 1. The molecule has 0 fully saturated rings. The average molecular weight is 351 g/mol. The van der Waals surface area contributed by atoms with Crippen LogP contribution >= 0.6 is 0 Å². The number of imidazole rings is 1. The minimum atomic E-state index is -0.310. The van der Waals surface area contributed by atoms with E-state index in [4.69, 9.17) is 0 Å². The lowest BCUT2D eigenvalue weighted by Gasteiger charge is -2.12. The van der Waals surface area contributed by atoms with Crippen LogP contribution in [0.5, 0.6) is 5.75 Å². The molecule has 3 rings (SSSR count). The minimum Gasteiger partial charge on any atom is -0.504 e. The summed E-state index contributed by atoms with van der Waals surface area (Å²) in [4.78, 5) is 29.1. The highest BCUT2D eigenvalue weighted by molar-refractivity contribution is 5.98. The number of nitrogens with one attached hydrogen (secondary N) is 1. The fourth-order valence-corrected chi connectivity index (χ4v) is 3.01. The Balaban J connectivity index is 2.02. The van der Waals surface area contributed by atoms with E-state index in [-0.39, 0.29) is 30.3 Å². The Kier molecular flexibility index (Phi) is 4.75. The SMILES string of the molecule is CNC(=O)c1cn2c(C)c(C)nc2c(O)c1CCC(=O)c1ccccc1. The van der Waals surface area contributed by atoms with Crippen molar-refractivity contribution in [1.82, 2.24) is 14.7 Å². The Morgan fingerprint density at radius 3 is 2.54 bits per heavy atom. The van der Waals surface area contributed by atoms with Crippen molar-refractivity contribution >= 4 is 17.3 Å². The summed E-state index contributed by atoms with van der Waals surface area (Å²) in [6.45, 7) is 3.72. The number of Topliss-reactive ketones (excluding diaryl/α,β-unsaturated/α-hetero) is 1. The van der Waals surface area contributed by atoms with Crippen molar-refractivity contribution in [2.75, 3.05) is 7.05 Å². The quantitative estimate of drug-likeness (QED) is 0.693. The number of amides is 1. The van der Waals surface area contributed by atoms with Gasteiger partial charge < -0.3 is 14.8 Å². The Morgan fingerprint density at radius 2 is 1.88 bits per heavy atom. The predicted molar refractivity (Wildman–Crippen MR) is 98.8 cm³/mol. The molecule has 2 N–H and O–H groups in total. The van der Waals surface area contributed by atoms with E-state index in [2.05, 4.69) is 10.3 Å². The number of aromatic nitrogens is 2. The summed E-state index contributed by atoms with van der Waals surface area (Å²) in [7, 11) is 1.54. The van der Waals surface area contributed by atoms with Gasteiger partial charge in [0.25, 0.3) is 5.91 Å². The zero-order valence-corrected chi connectivity index (χ0v) is 15.0. The number of carbonyl (C=O) groups excluding carboxylic acids is 2.